The lowest BCUT2D eigenvalue weighted by Crippen LogP contribution is -2.39. The number of hydrogen-bond acceptors (Lipinski definition) is 0. The third kappa shape index (κ3) is 0.938. The van der Waals surface area contributed by atoms with Crippen molar-refractivity contribution in [3.05, 3.63) is 0 Å². The van der Waals surface area contributed by atoms with Gasteiger partial charge in [0.25, 0.3) is 0 Å². The van der Waals surface area contributed by atoms with Gasteiger partial charge in [0.1, 0.15) is 0 Å². The van der Waals surface area contributed by atoms with Crippen molar-refractivity contribution in [1.82, 2.24) is 0 Å². The zero-order valence-corrected chi connectivity index (χ0v) is 7.23. The molecule has 0 radical (unpaired) electrons. The highest BCUT2D eigenvalue weighted by Gasteiger charge is 2.39. The highest BCUT2D eigenvalue weighted by Crippen LogP contribution is 2.48. The molecule has 0 aromatic heterocycles. The molecule has 2 saturated carbocycles. The van der Waals surface area contributed by atoms with Gasteiger partial charge < -0.3 is 0 Å². The Hall–Kier alpha value is 0.480. The zero-order valence-electron chi connectivity index (χ0n) is 5.65. The second-order valence-electron chi connectivity index (χ2n) is 3.46. The monoisotopic (exact) mass is 188 g/mol. The maximum absolute atomic E-state index is 3.70. The van der Waals surface area contributed by atoms with Crippen LogP contribution in [0.4, 0.5) is 0 Å². The Morgan fingerprint density at radius 3 is 2.44 bits per heavy atom. The molecule has 0 aromatic carbocycles. The van der Waals surface area contributed by atoms with Crippen LogP contribution in [0.3, 0.4) is 0 Å². The maximum atomic E-state index is 3.70. The highest BCUT2D eigenvalue weighted by molar-refractivity contribution is 9.09. The predicted octanol–water partition coefficient (Wildman–Crippen LogP) is 2.96. The van der Waals surface area contributed by atoms with Crippen LogP contribution >= 0.6 is 15.9 Å². The van der Waals surface area contributed by atoms with Gasteiger partial charge in [0, 0.05) is 4.83 Å². The third-order valence-electron chi connectivity index (χ3n) is 2.96. The molecule has 52 valence electrons. The molecule has 0 spiro atoms. The Labute approximate surface area is 65.1 Å². The van der Waals surface area contributed by atoms with E-state index in [1.807, 2.05) is 0 Å². The minimum absolute atomic E-state index is 0.891. The van der Waals surface area contributed by atoms with E-state index in [9.17, 15) is 0 Å². The van der Waals surface area contributed by atoms with Gasteiger partial charge in [0.2, 0.25) is 0 Å². The van der Waals surface area contributed by atoms with Crippen LogP contribution in [0.2, 0.25) is 0 Å². The summed E-state index contributed by atoms with van der Waals surface area (Å²) >= 11 is 3.70. The molecular weight excluding hydrogens is 176 g/mol. The number of rotatable bonds is 0. The van der Waals surface area contributed by atoms with Gasteiger partial charge in [-0.1, -0.05) is 35.2 Å². The van der Waals surface area contributed by atoms with Crippen molar-refractivity contribution in [1.29, 1.82) is 0 Å². The normalized spacial score (nSPS) is 49.7. The Bertz CT molecular complexity index is 109. The van der Waals surface area contributed by atoms with Gasteiger partial charge in [-0.05, 0) is 24.7 Å². The third-order valence-corrected chi connectivity index (χ3v) is 4.01. The number of fused-ring (bicyclic) bond motifs is 1. The number of alkyl halides is 1. The molecular formula is C8H13Br. The van der Waals surface area contributed by atoms with Crippen LogP contribution in [0.5, 0.6) is 0 Å². The molecule has 0 amide bonds. The minimum atomic E-state index is 0.891. The Balaban J connectivity index is 1.94. The van der Waals surface area contributed by atoms with E-state index < -0.39 is 0 Å². The second kappa shape index (κ2) is 2.26. The number of hydrogen-bond donors (Lipinski definition) is 0. The van der Waals surface area contributed by atoms with Crippen molar-refractivity contribution in [2.75, 3.05) is 0 Å². The molecule has 0 aliphatic heterocycles. The van der Waals surface area contributed by atoms with Gasteiger partial charge in [-0.15, -0.1) is 0 Å². The topological polar surface area (TPSA) is 0 Å². The highest BCUT2D eigenvalue weighted by atomic mass is 79.9. The summed E-state index contributed by atoms with van der Waals surface area (Å²) < 4.78 is 0. The Morgan fingerprint density at radius 1 is 1.11 bits per heavy atom. The average Bonchev–Trinajstić information content (AvgIpc) is 1.86. The summed E-state index contributed by atoms with van der Waals surface area (Å²) in [4.78, 5) is 0.891. The first-order chi connectivity index (χ1) is 4.38. The summed E-state index contributed by atoms with van der Waals surface area (Å²) in [5, 5.41) is 0. The first kappa shape index (κ1) is 6.21. The molecule has 2 aliphatic rings. The lowest BCUT2D eigenvalue weighted by atomic mass is 9.65. The molecule has 3 unspecified atom stereocenters. The molecule has 0 saturated heterocycles. The molecule has 0 aromatic rings. The van der Waals surface area contributed by atoms with Crippen LogP contribution in [0.1, 0.15) is 32.1 Å². The van der Waals surface area contributed by atoms with E-state index in [4.69, 9.17) is 0 Å². The lowest BCUT2D eigenvalue weighted by molar-refractivity contribution is 0.129. The van der Waals surface area contributed by atoms with Crippen LogP contribution in [-0.2, 0) is 0 Å². The summed E-state index contributed by atoms with van der Waals surface area (Å²) in [5.74, 6) is 2.18. The molecule has 2 aliphatic carbocycles. The van der Waals surface area contributed by atoms with E-state index in [0.29, 0.717) is 0 Å². The standard InChI is InChI=1S/C8H13Br/c9-8-5-6-3-1-2-4-7(6)8/h6-8H,1-5H2. The quantitative estimate of drug-likeness (QED) is 0.514. The van der Waals surface area contributed by atoms with Crippen LogP contribution in [0.25, 0.3) is 0 Å². The lowest BCUT2D eigenvalue weighted by Gasteiger charge is -2.45. The van der Waals surface area contributed by atoms with Crippen molar-refractivity contribution in [3.8, 4) is 0 Å². The summed E-state index contributed by atoms with van der Waals surface area (Å²) in [6.07, 6.45) is 7.47. The van der Waals surface area contributed by atoms with E-state index in [-0.39, 0.29) is 0 Å². The summed E-state index contributed by atoms with van der Waals surface area (Å²) in [5.41, 5.74) is 0. The molecule has 0 heterocycles. The molecule has 2 fully saturated rings. The zero-order chi connectivity index (χ0) is 6.27. The van der Waals surface area contributed by atoms with Crippen molar-refractivity contribution in [3.63, 3.8) is 0 Å². The predicted molar refractivity (Wildman–Crippen MR) is 42.8 cm³/mol. The van der Waals surface area contributed by atoms with Gasteiger partial charge in [-0.2, -0.15) is 0 Å². The molecule has 1 heteroatoms. The van der Waals surface area contributed by atoms with E-state index >= 15 is 0 Å². The van der Waals surface area contributed by atoms with Gasteiger partial charge in [-0.25, -0.2) is 0 Å². The summed E-state index contributed by atoms with van der Waals surface area (Å²) in [7, 11) is 0. The SMILES string of the molecule is BrC1CC2CCCCC12. The molecule has 0 bridgehead atoms. The molecule has 0 N–H and O–H groups in total. The van der Waals surface area contributed by atoms with Crippen molar-refractivity contribution < 1.29 is 0 Å². The fourth-order valence-corrected chi connectivity index (χ4v) is 3.45. The minimum Gasteiger partial charge on any atom is -0.0887 e. The fraction of sp³-hybridized carbons (Fsp3) is 1.00. The molecule has 2 rings (SSSR count). The molecule has 0 nitrogen and oxygen atoms in total. The Kier molecular flexibility index (Phi) is 1.56. The van der Waals surface area contributed by atoms with E-state index in [2.05, 4.69) is 15.9 Å². The van der Waals surface area contributed by atoms with Crippen LogP contribution in [-0.4, -0.2) is 4.83 Å². The molecule has 3 atom stereocenters. The fourth-order valence-electron chi connectivity index (χ4n) is 2.27. The van der Waals surface area contributed by atoms with Crippen LogP contribution in [0, 0.1) is 11.8 Å². The largest absolute Gasteiger partial charge is 0.0887 e. The first-order valence-corrected chi connectivity index (χ1v) is 4.93. The number of halogens is 1. The van der Waals surface area contributed by atoms with Gasteiger partial charge >= 0.3 is 0 Å². The van der Waals surface area contributed by atoms with E-state index in [1.165, 1.54) is 32.1 Å². The molecule has 9 heavy (non-hydrogen) atoms. The van der Waals surface area contributed by atoms with E-state index in [1.54, 1.807) is 0 Å². The second-order valence-corrected chi connectivity index (χ2v) is 4.64. The van der Waals surface area contributed by atoms with Crippen molar-refractivity contribution >= 4 is 15.9 Å². The van der Waals surface area contributed by atoms with Gasteiger partial charge in [-0.3, -0.25) is 0 Å². The summed E-state index contributed by atoms with van der Waals surface area (Å²) in [6.45, 7) is 0. The van der Waals surface area contributed by atoms with Crippen LogP contribution in [0.15, 0.2) is 0 Å². The van der Waals surface area contributed by atoms with Crippen molar-refractivity contribution in [2.45, 2.75) is 36.9 Å². The summed E-state index contributed by atoms with van der Waals surface area (Å²) in [6, 6.07) is 0. The van der Waals surface area contributed by atoms with Gasteiger partial charge in [0.05, 0.1) is 0 Å². The maximum Gasteiger partial charge on any atom is 0.0179 e. The van der Waals surface area contributed by atoms with Crippen molar-refractivity contribution in [2.24, 2.45) is 11.8 Å². The average molecular weight is 189 g/mol. The van der Waals surface area contributed by atoms with E-state index in [0.717, 1.165) is 16.7 Å². The first-order valence-electron chi connectivity index (χ1n) is 4.02. The van der Waals surface area contributed by atoms with Gasteiger partial charge in [0.15, 0.2) is 0 Å². The Morgan fingerprint density at radius 2 is 1.89 bits per heavy atom. The smallest absolute Gasteiger partial charge is 0.0179 e. The van der Waals surface area contributed by atoms with Crippen LogP contribution < -0.4 is 0 Å².